The molecule has 2 aromatic carbocycles. The number of ether oxygens (including phenoxy) is 2. The Morgan fingerprint density at radius 3 is 2.28 bits per heavy atom. The third kappa shape index (κ3) is 4.19. The Labute approximate surface area is 209 Å². The predicted molar refractivity (Wildman–Crippen MR) is 137 cm³/mol. The molecule has 0 atom stereocenters. The van der Waals surface area contributed by atoms with Gasteiger partial charge in [-0.05, 0) is 60.5 Å². The Morgan fingerprint density at radius 2 is 1.64 bits per heavy atom. The summed E-state index contributed by atoms with van der Waals surface area (Å²) in [6.45, 7) is 4.02. The van der Waals surface area contributed by atoms with Crippen LogP contribution in [-0.4, -0.2) is 67.0 Å². The molecule has 1 aliphatic heterocycles. The molecule has 8 heteroatoms. The van der Waals surface area contributed by atoms with E-state index >= 15 is 0 Å². The van der Waals surface area contributed by atoms with Crippen LogP contribution in [0, 0.1) is 0 Å². The van der Waals surface area contributed by atoms with Gasteiger partial charge in [0.1, 0.15) is 0 Å². The second-order valence-corrected chi connectivity index (χ2v) is 8.72. The zero-order chi connectivity index (χ0) is 25.2. The summed E-state index contributed by atoms with van der Waals surface area (Å²) in [4.78, 5) is 32.9. The molecule has 0 saturated carbocycles. The van der Waals surface area contributed by atoms with Gasteiger partial charge in [0.05, 0.1) is 20.5 Å². The average Bonchev–Trinajstić information content (AvgIpc) is 3.59. The van der Waals surface area contributed by atoms with Gasteiger partial charge < -0.3 is 28.7 Å². The minimum atomic E-state index is -0.142. The maximum absolute atomic E-state index is 13.3. The molecular formula is C28H29N3O5. The first kappa shape index (κ1) is 23.5. The Kier molecular flexibility index (Phi) is 6.41. The molecule has 0 spiro atoms. The number of hydrogen-bond donors (Lipinski definition) is 1. The van der Waals surface area contributed by atoms with Crippen LogP contribution in [0.1, 0.15) is 33.4 Å². The van der Waals surface area contributed by atoms with Crippen molar-refractivity contribution >= 4 is 22.7 Å². The molecule has 186 valence electrons. The number of nitrogens with one attached hydrogen (secondary N) is 1. The molecule has 2 amide bonds. The number of furan rings is 1. The average molecular weight is 488 g/mol. The molecular weight excluding hydrogens is 458 g/mol. The van der Waals surface area contributed by atoms with Crippen molar-refractivity contribution in [3.63, 3.8) is 0 Å². The van der Waals surface area contributed by atoms with Crippen LogP contribution in [0.4, 0.5) is 0 Å². The van der Waals surface area contributed by atoms with E-state index in [1.165, 1.54) is 6.26 Å². The molecule has 2 aromatic heterocycles. The standard InChI is InChI=1S/C28H29N3O5/c1-4-20-21-16-19(27(32)30-11-13-31(14-12-30)28(33)24-6-5-15-36-24)7-9-22(21)29-26(20)18-8-10-23(34-2)25(17-18)35-3/h5-10,15-17,29H,4,11-14H2,1-3H3. The number of amides is 2. The molecule has 0 aliphatic carbocycles. The van der Waals surface area contributed by atoms with Crippen molar-refractivity contribution in [3.05, 3.63) is 71.7 Å². The maximum atomic E-state index is 13.3. The van der Waals surface area contributed by atoms with E-state index in [2.05, 4.69) is 11.9 Å². The van der Waals surface area contributed by atoms with Crippen molar-refractivity contribution < 1.29 is 23.5 Å². The van der Waals surface area contributed by atoms with Crippen LogP contribution in [0.5, 0.6) is 11.5 Å². The number of rotatable bonds is 6. The zero-order valence-corrected chi connectivity index (χ0v) is 20.7. The predicted octanol–water partition coefficient (Wildman–Crippen LogP) is 4.61. The third-order valence-electron chi connectivity index (χ3n) is 6.76. The monoisotopic (exact) mass is 487 g/mol. The SMILES string of the molecule is CCc1c(-c2ccc(OC)c(OC)c2)[nH]c2ccc(C(=O)N3CCN(C(=O)c4ccco4)CC3)cc12. The lowest BCUT2D eigenvalue weighted by atomic mass is 10.0. The number of nitrogens with zero attached hydrogens (tertiary/aromatic N) is 2. The molecule has 3 heterocycles. The molecule has 1 saturated heterocycles. The minimum Gasteiger partial charge on any atom is -0.493 e. The summed E-state index contributed by atoms with van der Waals surface area (Å²) in [6.07, 6.45) is 2.29. The molecule has 0 radical (unpaired) electrons. The molecule has 0 bridgehead atoms. The number of H-pyrrole nitrogens is 1. The Balaban J connectivity index is 1.38. The van der Waals surface area contributed by atoms with Crippen molar-refractivity contribution in [2.24, 2.45) is 0 Å². The summed E-state index contributed by atoms with van der Waals surface area (Å²) in [7, 11) is 3.24. The van der Waals surface area contributed by atoms with Crippen LogP contribution in [0.25, 0.3) is 22.2 Å². The van der Waals surface area contributed by atoms with Gasteiger partial charge in [-0.15, -0.1) is 0 Å². The van der Waals surface area contributed by atoms with Gasteiger partial charge >= 0.3 is 0 Å². The number of methoxy groups -OCH3 is 2. The van der Waals surface area contributed by atoms with Crippen molar-refractivity contribution in [2.75, 3.05) is 40.4 Å². The fraction of sp³-hybridized carbons (Fsp3) is 0.286. The van der Waals surface area contributed by atoms with E-state index in [0.717, 1.165) is 34.1 Å². The van der Waals surface area contributed by atoms with Gasteiger partial charge in [0.15, 0.2) is 17.3 Å². The lowest BCUT2D eigenvalue weighted by Gasteiger charge is -2.34. The van der Waals surface area contributed by atoms with Gasteiger partial charge in [0.25, 0.3) is 11.8 Å². The van der Waals surface area contributed by atoms with Crippen LogP contribution < -0.4 is 9.47 Å². The largest absolute Gasteiger partial charge is 0.493 e. The van der Waals surface area contributed by atoms with Gasteiger partial charge in [-0.1, -0.05) is 6.92 Å². The van der Waals surface area contributed by atoms with Gasteiger partial charge in [0.2, 0.25) is 0 Å². The second kappa shape index (κ2) is 9.81. The van der Waals surface area contributed by atoms with Crippen LogP contribution in [0.3, 0.4) is 0 Å². The number of aryl methyl sites for hydroxylation is 1. The van der Waals surface area contributed by atoms with Crippen LogP contribution in [0.2, 0.25) is 0 Å². The third-order valence-corrected chi connectivity index (χ3v) is 6.76. The van der Waals surface area contributed by atoms with E-state index in [1.807, 2.05) is 36.4 Å². The van der Waals surface area contributed by atoms with Crippen LogP contribution in [0.15, 0.2) is 59.2 Å². The lowest BCUT2D eigenvalue weighted by molar-refractivity contribution is 0.0518. The number of fused-ring (bicyclic) bond motifs is 1. The number of aromatic nitrogens is 1. The van der Waals surface area contributed by atoms with E-state index in [1.54, 1.807) is 36.2 Å². The van der Waals surface area contributed by atoms with Crippen LogP contribution >= 0.6 is 0 Å². The summed E-state index contributed by atoms with van der Waals surface area (Å²) in [5.41, 5.74) is 4.75. The summed E-state index contributed by atoms with van der Waals surface area (Å²) in [5.74, 6) is 1.49. The Bertz CT molecular complexity index is 1400. The van der Waals surface area contributed by atoms with E-state index in [9.17, 15) is 9.59 Å². The highest BCUT2D eigenvalue weighted by Gasteiger charge is 2.27. The lowest BCUT2D eigenvalue weighted by Crippen LogP contribution is -2.50. The molecule has 5 rings (SSSR count). The summed E-state index contributed by atoms with van der Waals surface area (Å²) < 4.78 is 16.1. The number of carbonyl (C=O) groups excluding carboxylic acids is 2. The highest BCUT2D eigenvalue weighted by molar-refractivity contribution is 6.01. The minimum absolute atomic E-state index is 0.0297. The van der Waals surface area contributed by atoms with Crippen molar-refractivity contribution in [1.29, 1.82) is 0 Å². The van der Waals surface area contributed by atoms with Crippen molar-refractivity contribution in [2.45, 2.75) is 13.3 Å². The Hall–Kier alpha value is -4.20. The smallest absolute Gasteiger partial charge is 0.289 e. The van der Waals surface area contributed by atoms with Gasteiger partial charge in [-0.25, -0.2) is 0 Å². The maximum Gasteiger partial charge on any atom is 0.289 e. The van der Waals surface area contributed by atoms with E-state index in [0.29, 0.717) is 49.0 Å². The van der Waals surface area contributed by atoms with Gasteiger partial charge in [-0.3, -0.25) is 9.59 Å². The van der Waals surface area contributed by atoms with E-state index in [-0.39, 0.29) is 11.8 Å². The normalized spacial score (nSPS) is 13.8. The topological polar surface area (TPSA) is 88.0 Å². The zero-order valence-electron chi connectivity index (χ0n) is 20.7. The molecule has 1 aliphatic rings. The van der Waals surface area contributed by atoms with Gasteiger partial charge in [0, 0.05) is 53.9 Å². The summed E-state index contributed by atoms with van der Waals surface area (Å²) in [5, 5.41) is 1.03. The molecule has 0 unspecified atom stereocenters. The number of carbonyl (C=O) groups is 2. The first-order chi connectivity index (χ1) is 17.5. The fourth-order valence-electron chi connectivity index (χ4n) is 4.84. The first-order valence-corrected chi connectivity index (χ1v) is 12.0. The molecule has 1 fully saturated rings. The van der Waals surface area contributed by atoms with Crippen molar-refractivity contribution in [3.8, 4) is 22.8 Å². The van der Waals surface area contributed by atoms with Crippen molar-refractivity contribution in [1.82, 2.24) is 14.8 Å². The van der Waals surface area contributed by atoms with Crippen LogP contribution in [-0.2, 0) is 6.42 Å². The number of aromatic amines is 1. The second-order valence-electron chi connectivity index (χ2n) is 8.72. The molecule has 36 heavy (non-hydrogen) atoms. The summed E-state index contributed by atoms with van der Waals surface area (Å²) in [6, 6.07) is 15.0. The number of benzene rings is 2. The first-order valence-electron chi connectivity index (χ1n) is 12.0. The molecule has 1 N–H and O–H groups in total. The highest BCUT2D eigenvalue weighted by Crippen LogP contribution is 2.36. The highest BCUT2D eigenvalue weighted by atomic mass is 16.5. The molecule has 8 nitrogen and oxygen atoms in total. The number of piperazine rings is 1. The Morgan fingerprint density at radius 1 is 0.917 bits per heavy atom. The number of hydrogen-bond acceptors (Lipinski definition) is 5. The van der Waals surface area contributed by atoms with E-state index in [4.69, 9.17) is 13.9 Å². The fourth-order valence-corrected chi connectivity index (χ4v) is 4.84. The molecule has 4 aromatic rings. The van der Waals surface area contributed by atoms with Gasteiger partial charge in [-0.2, -0.15) is 0 Å². The van der Waals surface area contributed by atoms with E-state index < -0.39 is 0 Å². The quantitative estimate of drug-likeness (QED) is 0.429. The summed E-state index contributed by atoms with van der Waals surface area (Å²) >= 11 is 0.